The van der Waals surface area contributed by atoms with Gasteiger partial charge in [-0.2, -0.15) is 4.31 Å². The van der Waals surface area contributed by atoms with E-state index in [2.05, 4.69) is 27.7 Å². The van der Waals surface area contributed by atoms with E-state index in [1.165, 1.54) is 9.87 Å². The average molecular weight is 597 g/mol. The number of nitrogens with zero attached hydrogens (tertiary/aromatic N) is 2. The number of ether oxygens (including phenoxy) is 1. The summed E-state index contributed by atoms with van der Waals surface area (Å²) < 4.78 is 33.6. The highest BCUT2D eigenvalue weighted by atomic mass is 32.2. The summed E-state index contributed by atoms with van der Waals surface area (Å²) in [6, 6.07) is 15.8. The van der Waals surface area contributed by atoms with Crippen molar-refractivity contribution in [2.24, 2.45) is 5.41 Å². The molecule has 0 radical (unpaired) electrons. The molecule has 5 rings (SSSR count). The van der Waals surface area contributed by atoms with Gasteiger partial charge >= 0.3 is 0 Å². The number of fused-ring (bicyclic) bond motifs is 1. The van der Waals surface area contributed by atoms with E-state index in [1.807, 2.05) is 12.1 Å². The second kappa shape index (κ2) is 14.0. The van der Waals surface area contributed by atoms with Crippen LogP contribution in [0, 0.1) is 5.41 Å². The largest absolute Gasteiger partial charge is 0.491 e. The van der Waals surface area contributed by atoms with Gasteiger partial charge in [-0.15, -0.1) is 0 Å². The van der Waals surface area contributed by atoms with Crippen molar-refractivity contribution in [3.8, 4) is 5.75 Å². The molecule has 10 heteroatoms. The molecule has 3 aliphatic rings. The van der Waals surface area contributed by atoms with E-state index in [0.717, 1.165) is 63.8 Å². The average Bonchev–Trinajstić information content (AvgIpc) is 3.52. The number of carbonyl (C=O) groups is 2. The Kier molecular flexibility index (Phi) is 10.2. The standard InChI is InChI=1S/C32H44N4O5S/c37-30(28-14-9-21-36(28)42(39,40)27-12-4-1-5-13-27)33-19-24-35-22-17-32(18-23-35)16-8-2-3-10-26-11-6-7-15-29(26)41-25-20-34-31(32)38/h1,4-7,11-13,15,28H,2-3,8-10,14,16-25H2,(H,33,37)(H,34,38). The summed E-state index contributed by atoms with van der Waals surface area (Å²) in [5, 5.41) is 6.14. The maximum Gasteiger partial charge on any atom is 0.243 e. The van der Waals surface area contributed by atoms with Gasteiger partial charge in [0.25, 0.3) is 0 Å². The third kappa shape index (κ3) is 7.15. The first-order valence-electron chi connectivity index (χ1n) is 15.5. The van der Waals surface area contributed by atoms with E-state index in [0.29, 0.717) is 45.6 Å². The predicted molar refractivity (Wildman–Crippen MR) is 162 cm³/mol. The first kappa shape index (κ1) is 30.5. The van der Waals surface area contributed by atoms with Crippen LogP contribution in [-0.2, 0) is 26.0 Å². The molecule has 2 fully saturated rings. The van der Waals surface area contributed by atoms with E-state index in [9.17, 15) is 18.0 Å². The maximum atomic E-state index is 13.4. The molecule has 1 unspecified atom stereocenters. The van der Waals surface area contributed by atoms with Crippen LogP contribution in [0.15, 0.2) is 59.5 Å². The number of hydrogen-bond acceptors (Lipinski definition) is 6. The van der Waals surface area contributed by atoms with E-state index in [-0.39, 0.29) is 22.1 Å². The Hall–Kier alpha value is -2.95. The molecule has 2 aromatic rings. The van der Waals surface area contributed by atoms with Crippen molar-refractivity contribution in [3.63, 3.8) is 0 Å². The number of aryl methyl sites for hydroxylation is 1. The maximum absolute atomic E-state index is 13.4. The van der Waals surface area contributed by atoms with Gasteiger partial charge in [0.05, 0.1) is 16.9 Å². The van der Waals surface area contributed by atoms with Gasteiger partial charge in [-0.05, 0) is 81.8 Å². The number of hydrogen-bond donors (Lipinski definition) is 2. The van der Waals surface area contributed by atoms with Crippen molar-refractivity contribution >= 4 is 21.8 Å². The highest BCUT2D eigenvalue weighted by molar-refractivity contribution is 7.89. The van der Waals surface area contributed by atoms with E-state index >= 15 is 0 Å². The van der Waals surface area contributed by atoms with Crippen molar-refractivity contribution < 1.29 is 22.7 Å². The number of nitrogens with one attached hydrogen (secondary N) is 2. The molecule has 1 spiro atoms. The molecule has 0 aliphatic carbocycles. The van der Waals surface area contributed by atoms with Crippen LogP contribution in [0.25, 0.3) is 0 Å². The van der Waals surface area contributed by atoms with Crippen molar-refractivity contribution in [1.82, 2.24) is 19.8 Å². The molecule has 3 heterocycles. The van der Waals surface area contributed by atoms with E-state index in [4.69, 9.17) is 4.74 Å². The van der Waals surface area contributed by atoms with E-state index < -0.39 is 16.1 Å². The fourth-order valence-corrected chi connectivity index (χ4v) is 8.27. The quantitative estimate of drug-likeness (QED) is 0.530. The van der Waals surface area contributed by atoms with Crippen LogP contribution in [0.1, 0.15) is 56.9 Å². The predicted octanol–water partition coefficient (Wildman–Crippen LogP) is 3.35. The topological polar surface area (TPSA) is 108 Å². The number of rotatable bonds is 6. The molecule has 1 atom stereocenters. The smallest absolute Gasteiger partial charge is 0.243 e. The summed E-state index contributed by atoms with van der Waals surface area (Å²) in [6.45, 7) is 4.01. The summed E-state index contributed by atoms with van der Waals surface area (Å²) in [6.07, 6.45) is 7.83. The Morgan fingerprint density at radius 3 is 2.52 bits per heavy atom. The molecule has 3 aliphatic heterocycles. The lowest BCUT2D eigenvalue weighted by molar-refractivity contribution is -0.134. The lowest BCUT2D eigenvalue weighted by atomic mass is 9.73. The van der Waals surface area contributed by atoms with Gasteiger partial charge in [-0.25, -0.2) is 8.42 Å². The zero-order valence-corrected chi connectivity index (χ0v) is 25.2. The molecule has 2 amide bonds. The van der Waals surface area contributed by atoms with Crippen LogP contribution in [0.5, 0.6) is 5.75 Å². The van der Waals surface area contributed by atoms with Crippen LogP contribution >= 0.6 is 0 Å². The number of amides is 2. The SMILES string of the molecule is O=C(NCCN1CCC2(CCCCCc3ccccc3OCCNC2=O)CC1)C1CCCN1S(=O)(=O)c1ccccc1. The monoisotopic (exact) mass is 596 g/mol. The van der Waals surface area contributed by atoms with Gasteiger partial charge < -0.3 is 20.3 Å². The summed E-state index contributed by atoms with van der Waals surface area (Å²) in [7, 11) is -3.71. The summed E-state index contributed by atoms with van der Waals surface area (Å²) in [5.74, 6) is 0.812. The fraction of sp³-hybridized carbons (Fsp3) is 0.562. The van der Waals surface area contributed by atoms with Gasteiger partial charge in [-0.1, -0.05) is 49.2 Å². The number of sulfonamides is 1. The number of para-hydroxylation sites is 1. The lowest BCUT2D eigenvalue weighted by Gasteiger charge is -2.41. The molecule has 0 saturated carbocycles. The molecule has 0 bridgehead atoms. The van der Waals surface area contributed by atoms with Crippen molar-refractivity contribution in [3.05, 3.63) is 60.2 Å². The van der Waals surface area contributed by atoms with Gasteiger partial charge in [-0.3, -0.25) is 9.59 Å². The van der Waals surface area contributed by atoms with Gasteiger partial charge in [0, 0.05) is 19.6 Å². The second-order valence-corrected chi connectivity index (χ2v) is 13.7. The van der Waals surface area contributed by atoms with Gasteiger partial charge in [0.2, 0.25) is 21.8 Å². The van der Waals surface area contributed by atoms with Crippen LogP contribution in [0.3, 0.4) is 0 Å². The van der Waals surface area contributed by atoms with Crippen molar-refractivity contribution in [1.29, 1.82) is 0 Å². The normalized spacial score (nSPS) is 22.6. The Labute approximate surface area is 250 Å². The lowest BCUT2D eigenvalue weighted by Crippen LogP contribution is -2.51. The minimum atomic E-state index is -3.71. The van der Waals surface area contributed by atoms with Crippen LogP contribution in [0.4, 0.5) is 0 Å². The number of likely N-dealkylation sites (tertiary alicyclic amines) is 1. The minimum Gasteiger partial charge on any atom is -0.491 e. The Balaban J connectivity index is 1.10. The number of piperidine rings is 1. The summed E-state index contributed by atoms with van der Waals surface area (Å²) in [4.78, 5) is 29.0. The third-order valence-electron chi connectivity index (χ3n) is 9.10. The van der Waals surface area contributed by atoms with E-state index in [1.54, 1.807) is 30.3 Å². The Morgan fingerprint density at radius 1 is 0.952 bits per heavy atom. The van der Waals surface area contributed by atoms with Gasteiger partial charge in [0.1, 0.15) is 18.4 Å². The molecule has 9 nitrogen and oxygen atoms in total. The first-order valence-corrected chi connectivity index (χ1v) is 16.9. The Morgan fingerprint density at radius 2 is 1.71 bits per heavy atom. The molecule has 2 saturated heterocycles. The minimum absolute atomic E-state index is 0.132. The van der Waals surface area contributed by atoms with Crippen LogP contribution in [-0.4, -0.2) is 81.4 Å². The molecular formula is C32H44N4O5S. The zero-order valence-electron chi connectivity index (χ0n) is 24.4. The zero-order chi connectivity index (χ0) is 29.4. The van der Waals surface area contributed by atoms with Crippen molar-refractivity contribution in [2.45, 2.75) is 68.7 Å². The summed E-state index contributed by atoms with van der Waals surface area (Å²) in [5.41, 5.74) is 0.869. The highest BCUT2D eigenvalue weighted by Gasteiger charge is 2.41. The molecule has 228 valence electrons. The molecule has 2 N–H and O–H groups in total. The van der Waals surface area contributed by atoms with Crippen molar-refractivity contribution in [2.75, 3.05) is 45.9 Å². The third-order valence-corrected chi connectivity index (χ3v) is 11.0. The molecular weight excluding hydrogens is 552 g/mol. The molecule has 2 aromatic carbocycles. The molecule has 0 aromatic heterocycles. The second-order valence-electron chi connectivity index (χ2n) is 11.8. The van der Waals surface area contributed by atoms with Crippen LogP contribution < -0.4 is 15.4 Å². The number of benzene rings is 2. The fourth-order valence-electron chi connectivity index (χ4n) is 6.59. The summed E-state index contributed by atoms with van der Waals surface area (Å²) >= 11 is 0. The Bertz CT molecular complexity index is 1310. The van der Waals surface area contributed by atoms with Crippen LogP contribution in [0.2, 0.25) is 0 Å². The molecule has 42 heavy (non-hydrogen) atoms. The highest BCUT2D eigenvalue weighted by Crippen LogP contribution is 2.37. The van der Waals surface area contributed by atoms with Gasteiger partial charge in [0.15, 0.2) is 0 Å². The first-order chi connectivity index (χ1) is 20.4. The number of carbonyl (C=O) groups excluding carboxylic acids is 2.